The summed E-state index contributed by atoms with van der Waals surface area (Å²) < 4.78 is 6.09. The molecule has 0 radical (unpaired) electrons. The van der Waals surface area contributed by atoms with E-state index in [1.54, 1.807) is 0 Å². The third-order valence-corrected chi connectivity index (χ3v) is 6.31. The third-order valence-electron chi connectivity index (χ3n) is 6.31. The number of ether oxygens (including phenoxy) is 1. The van der Waals surface area contributed by atoms with E-state index in [1.807, 2.05) is 12.4 Å². The van der Waals surface area contributed by atoms with Crippen molar-refractivity contribution in [3.8, 4) is 17.0 Å². The minimum absolute atomic E-state index is 0.721. The molecule has 3 heteroatoms. The van der Waals surface area contributed by atoms with Crippen LogP contribution in [-0.2, 0) is 6.42 Å². The van der Waals surface area contributed by atoms with E-state index >= 15 is 0 Å². The average Bonchev–Trinajstić information content (AvgIpc) is 2.78. The van der Waals surface area contributed by atoms with Gasteiger partial charge in [0.15, 0.2) is 0 Å². The van der Waals surface area contributed by atoms with Gasteiger partial charge in [-0.25, -0.2) is 0 Å². The molecule has 0 aliphatic heterocycles. The van der Waals surface area contributed by atoms with Crippen LogP contribution in [0.25, 0.3) is 11.3 Å². The molecule has 1 aromatic heterocycles. The first-order valence-corrected chi connectivity index (χ1v) is 11.8. The second-order valence-corrected chi connectivity index (χ2v) is 8.71. The molecule has 158 valence electrons. The lowest BCUT2D eigenvalue weighted by Gasteiger charge is -2.28. The van der Waals surface area contributed by atoms with Gasteiger partial charge in [-0.05, 0) is 61.8 Å². The SMILES string of the molecule is CCCCCc1cnc(-c2ccc(OCC3CCC(CCCC)CC3)cc2)cn1. The molecule has 0 bridgehead atoms. The number of rotatable bonds is 11. The van der Waals surface area contributed by atoms with Crippen molar-refractivity contribution >= 4 is 0 Å². The summed E-state index contributed by atoms with van der Waals surface area (Å²) in [7, 11) is 0. The van der Waals surface area contributed by atoms with Crippen molar-refractivity contribution in [3.63, 3.8) is 0 Å². The van der Waals surface area contributed by atoms with Crippen LogP contribution in [-0.4, -0.2) is 16.6 Å². The van der Waals surface area contributed by atoms with E-state index in [0.29, 0.717) is 0 Å². The van der Waals surface area contributed by atoms with Crippen molar-refractivity contribution in [1.29, 1.82) is 0 Å². The summed E-state index contributed by atoms with van der Waals surface area (Å²) in [6.45, 7) is 5.37. The Hall–Kier alpha value is -1.90. The van der Waals surface area contributed by atoms with Gasteiger partial charge in [0.2, 0.25) is 0 Å². The van der Waals surface area contributed by atoms with Gasteiger partial charge >= 0.3 is 0 Å². The summed E-state index contributed by atoms with van der Waals surface area (Å²) in [5, 5.41) is 0. The van der Waals surface area contributed by atoms with Crippen molar-refractivity contribution in [2.45, 2.75) is 84.5 Å². The van der Waals surface area contributed by atoms with Crippen molar-refractivity contribution in [2.24, 2.45) is 11.8 Å². The first kappa shape index (κ1) is 21.8. The van der Waals surface area contributed by atoms with Gasteiger partial charge in [0.1, 0.15) is 5.75 Å². The summed E-state index contributed by atoms with van der Waals surface area (Å²) in [6, 6.07) is 8.33. The molecule has 3 nitrogen and oxygen atoms in total. The number of hydrogen-bond donors (Lipinski definition) is 0. The van der Waals surface area contributed by atoms with Gasteiger partial charge in [0.05, 0.1) is 24.2 Å². The Labute approximate surface area is 177 Å². The molecule has 0 atom stereocenters. The maximum atomic E-state index is 6.09. The fraction of sp³-hybridized carbons (Fsp3) is 0.615. The molecule has 0 unspecified atom stereocenters. The number of unbranched alkanes of at least 4 members (excludes halogenated alkanes) is 3. The van der Waals surface area contributed by atoms with Crippen molar-refractivity contribution in [2.75, 3.05) is 6.61 Å². The molecule has 1 saturated carbocycles. The summed E-state index contributed by atoms with van der Waals surface area (Å²) >= 11 is 0. The monoisotopic (exact) mass is 394 g/mol. The van der Waals surface area contributed by atoms with Gasteiger partial charge < -0.3 is 4.74 Å². The van der Waals surface area contributed by atoms with E-state index in [2.05, 4.69) is 48.1 Å². The molecule has 1 aliphatic carbocycles. The predicted molar refractivity (Wildman–Crippen MR) is 121 cm³/mol. The molecule has 1 fully saturated rings. The standard InChI is InChI=1S/C26H38N2O/c1-3-5-7-9-24-18-28-26(19-27-24)23-14-16-25(17-15-23)29-20-22-12-10-21(11-13-22)8-6-4-2/h14-19,21-22H,3-13,20H2,1-2H3. The van der Waals surface area contributed by atoms with Crippen molar-refractivity contribution in [3.05, 3.63) is 42.4 Å². The number of aryl methyl sites for hydroxylation is 1. The van der Waals surface area contributed by atoms with E-state index in [-0.39, 0.29) is 0 Å². The molecule has 1 heterocycles. The van der Waals surface area contributed by atoms with E-state index in [1.165, 1.54) is 64.2 Å². The molecule has 2 aromatic rings. The smallest absolute Gasteiger partial charge is 0.119 e. The second kappa shape index (κ2) is 11.9. The lowest BCUT2D eigenvalue weighted by atomic mass is 9.80. The van der Waals surface area contributed by atoms with Gasteiger partial charge in [-0.2, -0.15) is 0 Å². The van der Waals surface area contributed by atoms with Crippen LogP contribution in [0.5, 0.6) is 5.75 Å². The van der Waals surface area contributed by atoms with Crippen LogP contribution >= 0.6 is 0 Å². The lowest BCUT2D eigenvalue weighted by Crippen LogP contribution is -2.20. The largest absolute Gasteiger partial charge is 0.493 e. The van der Waals surface area contributed by atoms with Crippen molar-refractivity contribution < 1.29 is 4.74 Å². The third kappa shape index (κ3) is 7.13. The highest BCUT2D eigenvalue weighted by molar-refractivity contribution is 5.58. The Kier molecular flexibility index (Phi) is 8.98. The van der Waals surface area contributed by atoms with Crippen LogP contribution in [0.2, 0.25) is 0 Å². The minimum Gasteiger partial charge on any atom is -0.493 e. The minimum atomic E-state index is 0.721. The fourth-order valence-corrected chi connectivity index (χ4v) is 4.30. The Morgan fingerprint density at radius 2 is 1.55 bits per heavy atom. The number of hydrogen-bond acceptors (Lipinski definition) is 3. The zero-order valence-corrected chi connectivity index (χ0v) is 18.4. The van der Waals surface area contributed by atoms with Gasteiger partial charge in [-0.3, -0.25) is 9.97 Å². The summed E-state index contributed by atoms with van der Waals surface area (Å²) in [5.74, 6) is 2.65. The maximum Gasteiger partial charge on any atom is 0.119 e. The molecular formula is C26H38N2O. The van der Waals surface area contributed by atoms with Crippen molar-refractivity contribution in [1.82, 2.24) is 9.97 Å². The Balaban J connectivity index is 1.43. The summed E-state index contributed by atoms with van der Waals surface area (Å²) in [4.78, 5) is 9.18. The van der Waals surface area contributed by atoms with E-state index in [0.717, 1.165) is 47.6 Å². The Bertz CT molecular complexity index is 688. The highest BCUT2D eigenvalue weighted by Crippen LogP contribution is 2.32. The zero-order chi connectivity index (χ0) is 20.3. The maximum absolute atomic E-state index is 6.09. The zero-order valence-electron chi connectivity index (χ0n) is 18.4. The van der Waals surface area contributed by atoms with Gasteiger partial charge in [-0.15, -0.1) is 0 Å². The number of aromatic nitrogens is 2. The summed E-state index contributed by atoms with van der Waals surface area (Å²) in [6.07, 6.45) is 18.1. The van der Waals surface area contributed by atoms with Gasteiger partial charge in [0.25, 0.3) is 0 Å². The predicted octanol–water partition coefficient (Wildman–Crippen LogP) is 7.25. The molecule has 0 N–H and O–H groups in total. The van der Waals surface area contributed by atoms with Crippen LogP contribution in [0.3, 0.4) is 0 Å². The highest BCUT2D eigenvalue weighted by atomic mass is 16.5. The van der Waals surface area contributed by atoms with Crippen LogP contribution in [0, 0.1) is 11.8 Å². The quantitative estimate of drug-likeness (QED) is 0.376. The number of nitrogens with zero attached hydrogens (tertiary/aromatic N) is 2. The van der Waals surface area contributed by atoms with Crippen LogP contribution < -0.4 is 4.74 Å². The second-order valence-electron chi connectivity index (χ2n) is 8.71. The van der Waals surface area contributed by atoms with Crippen LogP contribution in [0.1, 0.15) is 83.7 Å². The fourth-order valence-electron chi connectivity index (χ4n) is 4.30. The molecular weight excluding hydrogens is 356 g/mol. The normalized spacial score (nSPS) is 19.2. The molecule has 3 rings (SSSR count). The molecule has 1 aliphatic rings. The van der Waals surface area contributed by atoms with E-state index in [9.17, 15) is 0 Å². The van der Waals surface area contributed by atoms with Crippen LogP contribution in [0.15, 0.2) is 36.7 Å². The first-order chi connectivity index (χ1) is 14.3. The van der Waals surface area contributed by atoms with Gasteiger partial charge in [0, 0.05) is 11.8 Å². The molecule has 29 heavy (non-hydrogen) atoms. The topological polar surface area (TPSA) is 35.0 Å². The van der Waals surface area contributed by atoms with E-state index in [4.69, 9.17) is 4.74 Å². The van der Waals surface area contributed by atoms with Crippen LogP contribution in [0.4, 0.5) is 0 Å². The Morgan fingerprint density at radius 3 is 2.21 bits per heavy atom. The Morgan fingerprint density at radius 1 is 0.828 bits per heavy atom. The molecule has 1 aromatic carbocycles. The van der Waals surface area contributed by atoms with Gasteiger partial charge in [-0.1, -0.05) is 58.8 Å². The molecule has 0 saturated heterocycles. The molecule has 0 spiro atoms. The highest BCUT2D eigenvalue weighted by Gasteiger charge is 2.21. The number of benzene rings is 1. The lowest BCUT2D eigenvalue weighted by molar-refractivity contribution is 0.178. The molecule has 0 amide bonds. The average molecular weight is 395 g/mol. The first-order valence-electron chi connectivity index (χ1n) is 11.8. The summed E-state index contributed by atoms with van der Waals surface area (Å²) in [5.41, 5.74) is 3.12. The van der Waals surface area contributed by atoms with E-state index < -0.39 is 0 Å².